The van der Waals surface area contributed by atoms with Crippen molar-refractivity contribution in [3.05, 3.63) is 23.0 Å². The van der Waals surface area contributed by atoms with E-state index in [1.807, 2.05) is 0 Å². The van der Waals surface area contributed by atoms with Crippen molar-refractivity contribution < 1.29 is 9.84 Å². The molecule has 2 nitrogen and oxygen atoms in total. The smallest absolute Gasteiger partial charge is 0.0963 e. The second-order valence-electron chi connectivity index (χ2n) is 11.3. The molecule has 29 heavy (non-hydrogen) atoms. The molecule has 0 aromatic heterocycles. The van der Waals surface area contributed by atoms with Gasteiger partial charge in [0, 0.05) is 11.8 Å². The van der Waals surface area contributed by atoms with Gasteiger partial charge in [0.1, 0.15) is 0 Å². The first-order valence-electron chi connectivity index (χ1n) is 12.6. The first-order valence-corrected chi connectivity index (χ1v) is 12.6. The van der Waals surface area contributed by atoms with Gasteiger partial charge in [-0.25, -0.2) is 0 Å². The Kier molecular flexibility index (Phi) is 6.22. The van der Waals surface area contributed by atoms with Crippen LogP contribution in [0.3, 0.4) is 0 Å². The fourth-order valence-electron chi connectivity index (χ4n) is 7.82. The Morgan fingerprint density at radius 3 is 2.76 bits per heavy atom. The Bertz CT molecular complexity index is 655. The molecule has 0 amide bonds. The molecular weight excluding hydrogens is 356 g/mol. The molecule has 0 spiro atoms. The van der Waals surface area contributed by atoms with Crippen molar-refractivity contribution in [2.45, 2.75) is 110 Å². The average molecular weight is 401 g/mol. The predicted octanol–water partition coefficient (Wildman–Crippen LogP) is 7.18. The van der Waals surface area contributed by atoms with E-state index in [0.717, 1.165) is 43.6 Å². The van der Waals surface area contributed by atoms with Gasteiger partial charge < -0.3 is 9.84 Å². The van der Waals surface area contributed by atoms with E-state index < -0.39 is 5.60 Å². The van der Waals surface area contributed by atoms with Crippen LogP contribution in [0.1, 0.15) is 105 Å². The average Bonchev–Trinajstić information content (AvgIpc) is 2.95. The second-order valence-corrected chi connectivity index (χ2v) is 11.3. The summed E-state index contributed by atoms with van der Waals surface area (Å²) >= 11 is 0. The minimum absolute atomic E-state index is 0.165. The second kappa shape index (κ2) is 8.40. The zero-order valence-corrected chi connectivity index (χ0v) is 19.4. The minimum atomic E-state index is -0.465. The topological polar surface area (TPSA) is 29.5 Å². The molecule has 4 rings (SSSR count). The van der Waals surface area contributed by atoms with Crippen molar-refractivity contribution in [2.24, 2.45) is 29.1 Å². The quantitative estimate of drug-likeness (QED) is 0.362. The van der Waals surface area contributed by atoms with E-state index in [1.165, 1.54) is 63.5 Å². The van der Waals surface area contributed by atoms with E-state index in [1.54, 1.807) is 11.1 Å². The van der Waals surface area contributed by atoms with Crippen LogP contribution in [0.5, 0.6) is 0 Å². The summed E-state index contributed by atoms with van der Waals surface area (Å²) in [7, 11) is 0. The van der Waals surface area contributed by atoms with E-state index in [-0.39, 0.29) is 5.41 Å². The van der Waals surface area contributed by atoms with Crippen molar-refractivity contribution in [3.8, 4) is 0 Å². The van der Waals surface area contributed by atoms with Gasteiger partial charge in [0.15, 0.2) is 0 Å². The van der Waals surface area contributed by atoms with E-state index >= 15 is 0 Å². The third-order valence-corrected chi connectivity index (χ3v) is 9.09. The molecule has 4 aliphatic rings. The number of allylic oxidation sites excluding steroid dienone is 3. The highest BCUT2D eigenvalue weighted by molar-refractivity contribution is 5.33. The summed E-state index contributed by atoms with van der Waals surface area (Å²) in [6.07, 6.45) is 16.9. The molecule has 0 bridgehead atoms. The summed E-state index contributed by atoms with van der Waals surface area (Å²) in [6, 6.07) is 0. The molecule has 1 N–H and O–H groups in total. The van der Waals surface area contributed by atoms with Gasteiger partial charge in [0.2, 0.25) is 0 Å². The van der Waals surface area contributed by atoms with Crippen LogP contribution in [0.25, 0.3) is 0 Å². The van der Waals surface area contributed by atoms with Gasteiger partial charge in [0.05, 0.1) is 18.0 Å². The number of hydrogen-bond donors (Lipinski definition) is 1. The van der Waals surface area contributed by atoms with Crippen molar-refractivity contribution in [1.29, 1.82) is 0 Å². The van der Waals surface area contributed by atoms with Gasteiger partial charge in [-0.15, -0.1) is 0 Å². The van der Waals surface area contributed by atoms with Crippen LogP contribution in [0, 0.1) is 29.1 Å². The zero-order chi connectivity index (χ0) is 20.6. The summed E-state index contributed by atoms with van der Waals surface area (Å²) in [5.74, 6) is 4.21. The van der Waals surface area contributed by atoms with Gasteiger partial charge in [-0.1, -0.05) is 44.8 Å². The number of unbranched alkanes of at least 4 members (excludes halogenated alkanes) is 2. The van der Waals surface area contributed by atoms with Gasteiger partial charge in [-0.05, 0) is 94.5 Å². The SMILES string of the molecule is CCCCCOC1=CCC2=C(CC[C@@H]3[C@@H]2CC[C@@]2(CC(C)C)[C@H]3CC[C@]2(C)O)C1. The van der Waals surface area contributed by atoms with Crippen LogP contribution < -0.4 is 0 Å². The van der Waals surface area contributed by atoms with Gasteiger partial charge >= 0.3 is 0 Å². The fourth-order valence-corrected chi connectivity index (χ4v) is 7.82. The zero-order valence-electron chi connectivity index (χ0n) is 19.4. The monoisotopic (exact) mass is 400 g/mol. The minimum Gasteiger partial charge on any atom is -0.498 e. The lowest BCUT2D eigenvalue weighted by Gasteiger charge is -2.55. The van der Waals surface area contributed by atoms with E-state index in [2.05, 4.69) is 33.8 Å². The van der Waals surface area contributed by atoms with Crippen LogP contribution in [-0.4, -0.2) is 17.3 Å². The van der Waals surface area contributed by atoms with Crippen LogP contribution >= 0.6 is 0 Å². The Hall–Kier alpha value is -0.760. The summed E-state index contributed by atoms with van der Waals surface area (Å²) in [4.78, 5) is 0. The molecule has 2 fully saturated rings. The Labute approximate surface area is 179 Å². The molecule has 4 aliphatic carbocycles. The highest BCUT2D eigenvalue weighted by Gasteiger charge is 2.61. The lowest BCUT2D eigenvalue weighted by Crippen LogP contribution is -2.52. The van der Waals surface area contributed by atoms with Crippen molar-refractivity contribution in [3.63, 3.8) is 0 Å². The van der Waals surface area contributed by atoms with Crippen molar-refractivity contribution in [2.75, 3.05) is 6.61 Å². The van der Waals surface area contributed by atoms with Gasteiger partial charge in [-0.3, -0.25) is 0 Å². The van der Waals surface area contributed by atoms with Crippen LogP contribution in [-0.2, 0) is 4.74 Å². The number of hydrogen-bond acceptors (Lipinski definition) is 2. The Balaban J connectivity index is 1.47. The number of fused-ring (bicyclic) bond motifs is 4. The molecule has 0 radical (unpaired) electrons. The first-order chi connectivity index (χ1) is 13.9. The largest absolute Gasteiger partial charge is 0.498 e. The fraction of sp³-hybridized carbons (Fsp3) is 0.852. The molecule has 5 atom stereocenters. The van der Waals surface area contributed by atoms with Crippen molar-refractivity contribution >= 4 is 0 Å². The van der Waals surface area contributed by atoms with Crippen molar-refractivity contribution in [1.82, 2.24) is 0 Å². The molecule has 0 unspecified atom stereocenters. The highest BCUT2D eigenvalue weighted by Crippen LogP contribution is 2.66. The van der Waals surface area contributed by atoms with E-state index in [4.69, 9.17) is 4.74 Å². The van der Waals surface area contributed by atoms with Gasteiger partial charge in [0.25, 0.3) is 0 Å². The third kappa shape index (κ3) is 3.84. The standard InChI is InChI=1S/C27H44O2/c1-5-6-7-16-29-21-9-11-22-20(17-21)8-10-24-23(22)12-15-27(18-19(2)3)25(24)13-14-26(27,4)28/h9,19,23-25,28H,5-8,10-18H2,1-4H3/t23-,24-,25+,26+,27-/m1/s1. The molecule has 0 saturated heterocycles. The molecule has 0 aromatic rings. The lowest BCUT2D eigenvalue weighted by molar-refractivity contribution is -0.117. The molecule has 0 heterocycles. The maximum Gasteiger partial charge on any atom is 0.0963 e. The van der Waals surface area contributed by atoms with E-state index in [0.29, 0.717) is 5.92 Å². The lowest BCUT2D eigenvalue weighted by atomic mass is 9.50. The number of aliphatic hydroxyl groups is 1. The van der Waals surface area contributed by atoms with E-state index in [9.17, 15) is 5.11 Å². The summed E-state index contributed by atoms with van der Waals surface area (Å²) in [5.41, 5.74) is 3.18. The third-order valence-electron chi connectivity index (χ3n) is 9.09. The summed E-state index contributed by atoms with van der Waals surface area (Å²) < 4.78 is 6.12. The molecule has 0 aliphatic heterocycles. The van der Waals surface area contributed by atoms with Gasteiger partial charge in [-0.2, -0.15) is 0 Å². The van der Waals surface area contributed by atoms with Crippen LogP contribution in [0.2, 0.25) is 0 Å². The van der Waals surface area contributed by atoms with Crippen LogP contribution in [0.4, 0.5) is 0 Å². The predicted molar refractivity (Wildman–Crippen MR) is 121 cm³/mol. The molecule has 2 saturated carbocycles. The van der Waals surface area contributed by atoms with Crippen LogP contribution in [0.15, 0.2) is 23.0 Å². The normalized spacial score (nSPS) is 39.1. The summed E-state index contributed by atoms with van der Waals surface area (Å²) in [5, 5.41) is 11.4. The maximum atomic E-state index is 11.4. The summed E-state index contributed by atoms with van der Waals surface area (Å²) in [6.45, 7) is 10.0. The molecule has 0 aromatic carbocycles. The highest BCUT2D eigenvalue weighted by atomic mass is 16.5. The molecule has 164 valence electrons. The Morgan fingerprint density at radius 1 is 1.17 bits per heavy atom. The number of ether oxygens (including phenoxy) is 1. The maximum absolute atomic E-state index is 11.4. The first kappa shape index (κ1) is 21.5. The molecule has 2 heteroatoms. The Morgan fingerprint density at radius 2 is 2.00 bits per heavy atom. The number of rotatable bonds is 7. The molecular formula is C27H44O2.